The Balaban J connectivity index is 1.58. The van der Waals surface area contributed by atoms with Gasteiger partial charge in [-0.1, -0.05) is 12.8 Å². The summed E-state index contributed by atoms with van der Waals surface area (Å²) < 4.78 is 5.45. The summed E-state index contributed by atoms with van der Waals surface area (Å²) >= 11 is 0. The largest absolute Gasteiger partial charge is 0.444 e. The van der Waals surface area contributed by atoms with Gasteiger partial charge in [0, 0.05) is 43.9 Å². The maximum atomic E-state index is 12.1. The van der Waals surface area contributed by atoms with Crippen molar-refractivity contribution >= 4 is 11.9 Å². The molecule has 0 radical (unpaired) electrons. The molecule has 6 nitrogen and oxygen atoms in total. The van der Waals surface area contributed by atoms with E-state index in [1.807, 2.05) is 20.8 Å². The predicted molar refractivity (Wildman–Crippen MR) is 93.3 cm³/mol. The summed E-state index contributed by atoms with van der Waals surface area (Å²) in [5, 5.41) is 0. The minimum Gasteiger partial charge on any atom is -0.444 e. The van der Waals surface area contributed by atoms with Gasteiger partial charge in [0.1, 0.15) is 17.7 Å². The first-order chi connectivity index (χ1) is 11.4. The lowest BCUT2D eigenvalue weighted by atomic mass is 10.0. The summed E-state index contributed by atoms with van der Waals surface area (Å²) in [6, 6.07) is 2.14. The van der Waals surface area contributed by atoms with Crippen LogP contribution in [0.2, 0.25) is 0 Å². The molecule has 2 fully saturated rings. The maximum Gasteiger partial charge on any atom is 0.410 e. The highest BCUT2D eigenvalue weighted by Gasteiger charge is 2.27. The Morgan fingerprint density at radius 2 is 1.79 bits per heavy atom. The van der Waals surface area contributed by atoms with E-state index in [4.69, 9.17) is 4.74 Å². The second kappa shape index (κ2) is 6.95. The van der Waals surface area contributed by atoms with Gasteiger partial charge in [-0.05, 0) is 33.6 Å². The van der Waals surface area contributed by atoms with Crippen LogP contribution in [0.15, 0.2) is 12.4 Å². The lowest BCUT2D eigenvalue weighted by molar-refractivity contribution is 0.0240. The van der Waals surface area contributed by atoms with Gasteiger partial charge in [-0.3, -0.25) is 0 Å². The number of aromatic nitrogens is 2. The lowest BCUT2D eigenvalue weighted by Gasteiger charge is -2.36. The fourth-order valence-electron chi connectivity index (χ4n) is 3.42. The number of hydrogen-bond donors (Lipinski definition) is 0. The summed E-state index contributed by atoms with van der Waals surface area (Å²) in [6.45, 7) is 8.57. The normalized spacial score (nSPS) is 19.6. The average molecular weight is 332 g/mol. The van der Waals surface area contributed by atoms with Crippen molar-refractivity contribution in [2.45, 2.75) is 58.0 Å². The van der Waals surface area contributed by atoms with E-state index in [0.29, 0.717) is 19.0 Å². The Morgan fingerprint density at radius 3 is 2.42 bits per heavy atom. The third kappa shape index (κ3) is 4.16. The Labute approximate surface area is 144 Å². The highest BCUT2D eigenvalue weighted by atomic mass is 16.6. The summed E-state index contributed by atoms with van der Waals surface area (Å²) in [7, 11) is 0. The number of amides is 1. The molecule has 1 aliphatic heterocycles. The van der Waals surface area contributed by atoms with Crippen molar-refractivity contribution < 1.29 is 9.53 Å². The number of rotatable bonds is 2. The predicted octanol–water partition coefficient (Wildman–Crippen LogP) is 3.19. The molecule has 24 heavy (non-hydrogen) atoms. The van der Waals surface area contributed by atoms with Crippen molar-refractivity contribution in [3.63, 3.8) is 0 Å². The van der Waals surface area contributed by atoms with E-state index in [0.717, 1.165) is 18.9 Å². The van der Waals surface area contributed by atoms with Crippen LogP contribution in [0.5, 0.6) is 0 Å². The van der Waals surface area contributed by atoms with Crippen molar-refractivity contribution in [3.8, 4) is 0 Å². The molecule has 2 heterocycles. The average Bonchev–Trinajstić information content (AvgIpc) is 3.08. The molecule has 0 atom stereocenters. The van der Waals surface area contributed by atoms with Gasteiger partial charge in [-0.2, -0.15) is 0 Å². The summed E-state index contributed by atoms with van der Waals surface area (Å²) in [6.07, 6.45) is 6.54. The second-order valence-electron chi connectivity index (χ2n) is 7.74. The quantitative estimate of drug-likeness (QED) is 0.832. The maximum absolute atomic E-state index is 12.1. The molecule has 2 aliphatic rings. The number of piperazine rings is 1. The Morgan fingerprint density at radius 1 is 1.12 bits per heavy atom. The van der Waals surface area contributed by atoms with Crippen molar-refractivity contribution in [3.05, 3.63) is 18.1 Å². The molecule has 1 aromatic rings. The van der Waals surface area contributed by atoms with Crippen LogP contribution in [-0.4, -0.2) is 52.7 Å². The minimum absolute atomic E-state index is 0.225. The van der Waals surface area contributed by atoms with E-state index in [9.17, 15) is 4.79 Å². The molecular formula is C18H28N4O2. The number of nitrogens with zero attached hydrogens (tertiary/aromatic N) is 4. The topological polar surface area (TPSA) is 58.6 Å². The molecule has 1 saturated carbocycles. The number of anilines is 1. The zero-order valence-electron chi connectivity index (χ0n) is 15.0. The smallest absolute Gasteiger partial charge is 0.410 e. The van der Waals surface area contributed by atoms with Crippen LogP contribution in [0, 0.1) is 0 Å². The zero-order valence-corrected chi connectivity index (χ0v) is 15.0. The highest BCUT2D eigenvalue weighted by Crippen LogP contribution is 2.33. The fourth-order valence-corrected chi connectivity index (χ4v) is 3.42. The van der Waals surface area contributed by atoms with Crippen LogP contribution >= 0.6 is 0 Å². The molecule has 0 bridgehead atoms. The molecule has 0 aromatic carbocycles. The van der Waals surface area contributed by atoms with Gasteiger partial charge in [0.2, 0.25) is 0 Å². The van der Waals surface area contributed by atoms with Crippen molar-refractivity contribution in [2.75, 3.05) is 31.1 Å². The molecule has 0 spiro atoms. The monoisotopic (exact) mass is 332 g/mol. The van der Waals surface area contributed by atoms with Gasteiger partial charge in [0.25, 0.3) is 0 Å². The van der Waals surface area contributed by atoms with Gasteiger partial charge in [0.15, 0.2) is 0 Å². The summed E-state index contributed by atoms with van der Waals surface area (Å²) in [5.41, 5.74) is 0.726. The van der Waals surface area contributed by atoms with E-state index in [-0.39, 0.29) is 6.09 Å². The van der Waals surface area contributed by atoms with E-state index in [1.165, 1.54) is 31.4 Å². The SMILES string of the molecule is CC(C)(C)OC(=O)N1CCN(c2cc(C3CCCC3)ncn2)CC1. The fraction of sp³-hybridized carbons (Fsp3) is 0.722. The van der Waals surface area contributed by atoms with Crippen LogP contribution in [0.25, 0.3) is 0 Å². The van der Waals surface area contributed by atoms with Crippen molar-refractivity contribution in [2.24, 2.45) is 0 Å². The molecule has 0 N–H and O–H groups in total. The third-order valence-corrected chi connectivity index (χ3v) is 4.70. The summed E-state index contributed by atoms with van der Waals surface area (Å²) in [5.74, 6) is 1.57. The zero-order chi connectivity index (χ0) is 17.2. The molecule has 1 amide bonds. The van der Waals surface area contributed by atoms with Gasteiger partial charge in [-0.15, -0.1) is 0 Å². The van der Waals surface area contributed by atoms with E-state index >= 15 is 0 Å². The van der Waals surface area contributed by atoms with Crippen LogP contribution in [0.4, 0.5) is 10.6 Å². The Bertz CT molecular complexity index is 571. The minimum atomic E-state index is -0.447. The number of ether oxygens (including phenoxy) is 1. The molecule has 1 aliphatic carbocycles. The highest BCUT2D eigenvalue weighted by molar-refractivity contribution is 5.68. The molecule has 1 saturated heterocycles. The Kier molecular flexibility index (Phi) is 4.92. The van der Waals surface area contributed by atoms with Gasteiger partial charge >= 0.3 is 6.09 Å². The third-order valence-electron chi connectivity index (χ3n) is 4.70. The van der Waals surface area contributed by atoms with Crippen molar-refractivity contribution in [1.82, 2.24) is 14.9 Å². The van der Waals surface area contributed by atoms with Crippen LogP contribution in [0.1, 0.15) is 58.1 Å². The molecule has 132 valence electrons. The standard InChI is InChI=1S/C18H28N4O2/c1-18(2,3)24-17(23)22-10-8-21(9-11-22)16-12-15(19-13-20-16)14-6-4-5-7-14/h12-14H,4-11H2,1-3H3. The van der Waals surface area contributed by atoms with Crippen LogP contribution in [-0.2, 0) is 4.74 Å². The first-order valence-electron chi connectivity index (χ1n) is 8.97. The van der Waals surface area contributed by atoms with Gasteiger partial charge < -0.3 is 14.5 Å². The molecule has 0 unspecified atom stereocenters. The number of hydrogen-bond acceptors (Lipinski definition) is 5. The number of carbonyl (C=O) groups excluding carboxylic acids is 1. The summed E-state index contributed by atoms with van der Waals surface area (Å²) in [4.78, 5) is 25.1. The van der Waals surface area contributed by atoms with E-state index in [2.05, 4.69) is 20.9 Å². The van der Waals surface area contributed by atoms with Gasteiger partial charge in [0.05, 0.1) is 0 Å². The Hall–Kier alpha value is -1.85. The number of carbonyl (C=O) groups is 1. The van der Waals surface area contributed by atoms with E-state index < -0.39 is 5.60 Å². The van der Waals surface area contributed by atoms with Gasteiger partial charge in [-0.25, -0.2) is 14.8 Å². The molecule has 3 rings (SSSR count). The first kappa shape index (κ1) is 17.0. The molecular weight excluding hydrogens is 304 g/mol. The molecule has 6 heteroatoms. The lowest BCUT2D eigenvalue weighted by Crippen LogP contribution is -2.50. The van der Waals surface area contributed by atoms with Crippen LogP contribution in [0.3, 0.4) is 0 Å². The van der Waals surface area contributed by atoms with Crippen molar-refractivity contribution in [1.29, 1.82) is 0 Å². The first-order valence-corrected chi connectivity index (χ1v) is 8.97. The second-order valence-corrected chi connectivity index (χ2v) is 7.74. The van der Waals surface area contributed by atoms with E-state index in [1.54, 1.807) is 11.2 Å². The molecule has 1 aromatic heterocycles. The van der Waals surface area contributed by atoms with Crippen LogP contribution < -0.4 is 4.90 Å².